The molecule has 2 rings (SSSR count). The van der Waals surface area contributed by atoms with Crippen LogP contribution in [-0.2, 0) is 4.74 Å². The number of piperidine rings is 1. The Balaban J connectivity index is 2.04. The maximum absolute atomic E-state index is 11.7. The number of amides is 1. The maximum Gasteiger partial charge on any atom is 0.409 e. The van der Waals surface area contributed by atoms with Gasteiger partial charge in [0, 0.05) is 25.0 Å². The van der Waals surface area contributed by atoms with Crippen molar-refractivity contribution in [2.45, 2.75) is 52.5 Å². The van der Waals surface area contributed by atoms with Crippen molar-refractivity contribution in [2.75, 3.05) is 19.7 Å². The predicted octanol–water partition coefficient (Wildman–Crippen LogP) is 2.50. The Morgan fingerprint density at radius 2 is 2.00 bits per heavy atom. The van der Waals surface area contributed by atoms with Gasteiger partial charge < -0.3 is 14.2 Å². The molecule has 6 heteroatoms. The zero-order valence-corrected chi connectivity index (χ0v) is 12.8. The molecule has 0 aromatic carbocycles. The van der Waals surface area contributed by atoms with Crippen molar-refractivity contribution in [1.82, 2.24) is 19.7 Å². The number of carbonyl (C=O) groups excluding carboxylic acids is 1. The molecule has 0 N–H and O–H groups in total. The monoisotopic (exact) mass is 280 g/mol. The van der Waals surface area contributed by atoms with Crippen molar-refractivity contribution in [3.05, 3.63) is 11.6 Å². The van der Waals surface area contributed by atoms with Crippen molar-refractivity contribution in [2.24, 2.45) is 0 Å². The van der Waals surface area contributed by atoms with Gasteiger partial charge in [0.25, 0.3) is 0 Å². The molecule has 2 heterocycles. The first-order valence-corrected chi connectivity index (χ1v) is 7.37. The summed E-state index contributed by atoms with van der Waals surface area (Å²) in [7, 11) is 0. The van der Waals surface area contributed by atoms with Crippen LogP contribution in [0.15, 0.2) is 0 Å². The molecule has 112 valence electrons. The van der Waals surface area contributed by atoms with E-state index in [1.165, 1.54) is 0 Å². The summed E-state index contributed by atoms with van der Waals surface area (Å²) in [6.45, 7) is 10.00. The second kappa shape index (κ2) is 6.24. The van der Waals surface area contributed by atoms with E-state index < -0.39 is 0 Å². The molecule has 1 amide bonds. The third-order valence-electron chi connectivity index (χ3n) is 3.76. The topological polar surface area (TPSA) is 60.2 Å². The average molecular weight is 280 g/mol. The van der Waals surface area contributed by atoms with E-state index in [1.54, 1.807) is 4.90 Å². The molecule has 0 atom stereocenters. The molecule has 0 unspecified atom stereocenters. The van der Waals surface area contributed by atoms with Gasteiger partial charge in [0.2, 0.25) is 0 Å². The summed E-state index contributed by atoms with van der Waals surface area (Å²) in [6, 6.07) is 0.382. The molecule has 1 aromatic rings. The van der Waals surface area contributed by atoms with Crippen LogP contribution in [0.25, 0.3) is 0 Å². The van der Waals surface area contributed by atoms with Crippen LogP contribution in [0, 0.1) is 6.92 Å². The fourth-order valence-electron chi connectivity index (χ4n) is 2.75. The van der Waals surface area contributed by atoms with E-state index in [-0.39, 0.29) is 6.09 Å². The molecule has 0 saturated carbocycles. The van der Waals surface area contributed by atoms with Gasteiger partial charge in [-0.15, -0.1) is 10.2 Å². The number of hydrogen-bond acceptors (Lipinski definition) is 4. The van der Waals surface area contributed by atoms with E-state index in [0.29, 0.717) is 18.6 Å². The van der Waals surface area contributed by atoms with Crippen LogP contribution in [-0.4, -0.2) is 45.5 Å². The fraction of sp³-hybridized carbons (Fsp3) is 0.786. The van der Waals surface area contributed by atoms with Crippen molar-refractivity contribution < 1.29 is 9.53 Å². The summed E-state index contributed by atoms with van der Waals surface area (Å²) in [5.74, 6) is 2.36. The standard InChI is InChI=1S/C14H24N4O2/c1-5-20-14(19)17-8-6-12(7-9-17)18-11(4)15-16-13(18)10(2)3/h10,12H,5-9H2,1-4H3. The smallest absolute Gasteiger partial charge is 0.409 e. The Kier molecular flexibility index (Phi) is 4.62. The van der Waals surface area contributed by atoms with E-state index in [9.17, 15) is 4.79 Å². The van der Waals surface area contributed by atoms with E-state index in [0.717, 1.165) is 37.6 Å². The van der Waals surface area contributed by atoms with E-state index >= 15 is 0 Å². The van der Waals surface area contributed by atoms with E-state index in [1.807, 2.05) is 13.8 Å². The number of rotatable bonds is 3. The van der Waals surface area contributed by atoms with Gasteiger partial charge in [-0.05, 0) is 26.7 Å². The lowest BCUT2D eigenvalue weighted by atomic mass is 10.0. The van der Waals surface area contributed by atoms with Gasteiger partial charge in [0.1, 0.15) is 11.6 Å². The number of aromatic nitrogens is 3. The Labute approximate surface area is 120 Å². The minimum Gasteiger partial charge on any atom is -0.450 e. The Hall–Kier alpha value is -1.59. The Morgan fingerprint density at radius 3 is 2.55 bits per heavy atom. The van der Waals surface area contributed by atoms with Gasteiger partial charge in [0.05, 0.1) is 6.61 Å². The highest BCUT2D eigenvalue weighted by Gasteiger charge is 2.27. The first-order chi connectivity index (χ1) is 9.54. The first-order valence-electron chi connectivity index (χ1n) is 7.37. The van der Waals surface area contributed by atoms with E-state index in [4.69, 9.17) is 4.74 Å². The van der Waals surface area contributed by atoms with Gasteiger partial charge in [-0.3, -0.25) is 0 Å². The van der Waals surface area contributed by atoms with Crippen LogP contribution in [0.3, 0.4) is 0 Å². The van der Waals surface area contributed by atoms with E-state index in [2.05, 4.69) is 28.6 Å². The molecule has 0 spiro atoms. The van der Waals surface area contributed by atoms with Gasteiger partial charge in [0.15, 0.2) is 0 Å². The zero-order chi connectivity index (χ0) is 14.7. The number of aryl methyl sites for hydroxylation is 1. The van der Waals surface area contributed by atoms with Crippen LogP contribution in [0.2, 0.25) is 0 Å². The quantitative estimate of drug-likeness (QED) is 0.853. The molecular formula is C14H24N4O2. The Bertz CT molecular complexity index is 462. The molecule has 0 bridgehead atoms. The minimum atomic E-state index is -0.199. The average Bonchev–Trinajstić information content (AvgIpc) is 2.81. The van der Waals surface area contributed by atoms with Crippen molar-refractivity contribution in [1.29, 1.82) is 0 Å². The number of ether oxygens (including phenoxy) is 1. The second-order valence-corrected chi connectivity index (χ2v) is 5.55. The summed E-state index contributed by atoms with van der Waals surface area (Å²) in [6.07, 6.45) is 1.66. The van der Waals surface area contributed by atoms with Crippen LogP contribution < -0.4 is 0 Å². The number of likely N-dealkylation sites (tertiary alicyclic amines) is 1. The number of nitrogens with zero attached hydrogens (tertiary/aromatic N) is 4. The van der Waals surface area contributed by atoms with Gasteiger partial charge >= 0.3 is 6.09 Å². The molecule has 0 radical (unpaired) electrons. The summed E-state index contributed by atoms with van der Waals surface area (Å²) in [5, 5.41) is 8.49. The maximum atomic E-state index is 11.7. The normalized spacial score (nSPS) is 16.8. The molecule has 1 saturated heterocycles. The highest BCUT2D eigenvalue weighted by Crippen LogP contribution is 2.27. The number of carbonyl (C=O) groups is 1. The number of hydrogen-bond donors (Lipinski definition) is 0. The lowest BCUT2D eigenvalue weighted by molar-refractivity contribution is 0.0922. The molecule has 1 aliphatic heterocycles. The lowest BCUT2D eigenvalue weighted by Gasteiger charge is -2.33. The highest BCUT2D eigenvalue weighted by molar-refractivity contribution is 5.67. The highest BCUT2D eigenvalue weighted by atomic mass is 16.6. The van der Waals surface area contributed by atoms with Crippen molar-refractivity contribution >= 4 is 6.09 Å². The molecule has 20 heavy (non-hydrogen) atoms. The first kappa shape index (κ1) is 14.8. The fourth-order valence-corrected chi connectivity index (χ4v) is 2.75. The van der Waals surface area contributed by atoms with Crippen LogP contribution in [0.4, 0.5) is 4.79 Å². The summed E-state index contributed by atoms with van der Waals surface area (Å²) in [5.41, 5.74) is 0. The lowest BCUT2D eigenvalue weighted by Crippen LogP contribution is -2.39. The predicted molar refractivity (Wildman–Crippen MR) is 75.7 cm³/mol. The SMILES string of the molecule is CCOC(=O)N1CCC(n2c(C)nnc2C(C)C)CC1. The van der Waals surface area contributed by atoms with Gasteiger partial charge in [-0.2, -0.15) is 0 Å². The summed E-state index contributed by atoms with van der Waals surface area (Å²) >= 11 is 0. The summed E-state index contributed by atoms with van der Waals surface area (Å²) < 4.78 is 7.29. The minimum absolute atomic E-state index is 0.199. The third-order valence-corrected chi connectivity index (χ3v) is 3.76. The largest absolute Gasteiger partial charge is 0.450 e. The van der Waals surface area contributed by atoms with Crippen LogP contribution in [0.5, 0.6) is 0 Å². The second-order valence-electron chi connectivity index (χ2n) is 5.55. The summed E-state index contributed by atoms with van der Waals surface area (Å²) in [4.78, 5) is 13.5. The molecule has 1 aromatic heterocycles. The van der Waals surface area contributed by atoms with Gasteiger partial charge in [-0.25, -0.2) is 4.79 Å². The van der Waals surface area contributed by atoms with Gasteiger partial charge in [-0.1, -0.05) is 13.8 Å². The molecule has 6 nitrogen and oxygen atoms in total. The van der Waals surface area contributed by atoms with Crippen molar-refractivity contribution in [3.8, 4) is 0 Å². The third kappa shape index (κ3) is 2.94. The zero-order valence-electron chi connectivity index (χ0n) is 12.8. The van der Waals surface area contributed by atoms with Crippen molar-refractivity contribution in [3.63, 3.8) is 0 Å². The van der Waals surface area contributed by atoms with Crippen LogP contribution in [0.1, 0.15) is 57.2 Å². The molecule has 1 aliphatic rings. The molecule has 0 aliphatic carbocycles. The van der Waals surface area contributed by atoms with Crippen LogP contribution >= 0.6 is 0 Å². The Morgan fingerprint density at radius 1 is 1.35 bits per heavy atom. The molecular weight excluding hydrogens is 256 g/mol. The molecule has 1 fully saturated rings.